The third-order valence-corrected chi connectivity index (χ3v) is 6.72. The van der Waals surface area contributed by atoms with E-state index >= 15 is 0 Å². The minimum absolute atomic E-state index is 0.0385. The third-order valence-electron chi connectivity index (χ3n) is 4.52. The summed E-state index contributed by atoms with van der Waals surface area (Å²) in [4.78, 5) is 17.8. The first-order chi connectivity index (χ1) is 12.9. The monoisotopic (exact) mass is 399 g/mol. The lowest BCUT2D eigenvalue weighted by Crippen LogP contribution is -2.31. The molecule has 8 heteroatoms. The van der Waals surface area contributed by atoms with Crippen molar-refractivity contribution in [2.45, 2.75) is 17.7 Å². The van der Waals surface area contributed by atoms with Crippen LogP contribution in [0.25, 0.3) is 10.6 Å². The second-order valence-corrected chi connectivity index (χ2v) is 8.84. The molecule has 2 aromatic carbocycles. The van der Waals surface area contributed by atoms with Gasteiger partial charge in [0.15, 0.2) is 0 Å². The van der Waals surface area contributed by atoms with Crippen LogP contribution >= 0.6 is 11.3 Å². The first-order valence-electron chi connectivity index (χ1n) is 8.36. The van der Waals surface area contributed by atoms with Gasteiger partial charge in [-0.1, -0.05) is 0 Å². The summed E-state index contributed by atoms with van der Waals surface area (Å²) in [7, 11) is -2.01. The number of amides is 1. The van der Waals surface area contributed by atoms with Gasteiger partial charge in [0.05, 0.1) is 4.90 Å². The minimum atomic E-state index is -3.71. The molecule has 0 saturated carbocycles. The number of carbonyl (C=O) groups excluding carboxylic acids is 1. The standard InChI is InChI=1S/C19H17N3O3S2/c1-22-17-8-7-16(12-14(17)4-9-18(22)23)27(24,25)21-15-5-2-13(3-6-15)19-20-10-11-26-19/h2-3,5-8,10-12,21H,4,9H2,1H3. The highest BCUT2D eigenvalue weighted by molar-refractivity contribution is 7.92. The van der Waals surface area contributed by atoms with E-state index < -0.39 is 10.0 Å². The second kappa shape index (κ2) is 6.79. The highest BCUT2D eigenvalue weighted by Crippen LogP contribution is 2.30. The molecule has 138 valence electrons. The predicted octanol–water partition coefficient (Wildman–Crippen LogP) is 3.52. The van der Waals surface area contributed by atoms with Crippen LogP contribution in [-0.2, 0) is 21.2 Å². The number of benzene rings is 2. The molecule has 1 aromatic heterocycles. The Morgan fingerprint density at radius 2 is 1.89 bits per heavy atom. The van der Waals surface area contributed by atoms with Crippen molar-refractivity contribution in [2.24, 2.45) is 0 Å². The molecule has 2 heterocycles. The SMILES string of the molecule is CN1C(=O)CCc2cc(S(=O)(=O)Nc3ccc(-c4nccs4)cc3)ccc21. The molecule has 1 aliphatic heterocycles. The zero-order valence-electron chi connectivity index (χ0n) is 14.5. The van der Waals surface area contributed by atoms with Crippen LogP contribution in [0, 0.1) is 0 Å². The lowest BCUT2D eigenvalue weighted by Gasteiger charge is -2.26. The van der Waals surface area contributed by atoms with Gasteiger partial charge in [-0.2, -0.15) is 0 Å². The average molecular weight is 399 g/mol. The molecule has 6 nitrogen and oxygen atoms in total. The maximum absolute atomic E-state index is 12.7. The summed E-state index contributed by atoms with van der Waals surface area (Å²) in [6.07, 6.45) is 2.67. The molecule has 0 bridgehead atoms. The molecule has 1 N–H and O–H groups in total. The molecule has 0 fully saturated rings. The molecule has 27 heavy (non-hydrogen) atoms. The van der Waals surface area contributed by atoms with E-state index in [0.29, 0.717) is 18.5 Å². The van der Waals surface area contributed by atoms with E-state index in [9.17, 15) is 13.2 Å². The zero-order chi connectivity index (χ0) is 19.0. The van der Waals surface area contributed by atoms with Gasteiger partial charge in [-0.3, -0.25) is 9.52 Å². The van der Waals surface area contributed by atoms with Crippen molar-refractivity contribution in [2.75, 3.05) is 16.7 Å². The molecule has 1 aliphatic rings. The van der Waals surface area contributed by atoms with E-state index in [1.165, 1.54) is 17.4 Å². The summed E-state index contributed by atoms with van der Waals surface area (Å²) in [5.74, 6) is 0.0385. The van der Waals surface area contributed by atoms with Gasteiger partial charge in [0.25, 0.3) is 10.0 Å². The molecule has 0 radical (unpaired) electrons. The van der Waals surface area contributed by atoms with Crippen molar-refractivity contribution in [3.8, 4) is 10.6 Å². The first-order valence-corrected chi connectivity index (χ1v) is 10.7. The Hall–Kier alpha value is -2.71. The van der Waals surface area contributed by atoms with Crippen molar-refractivity contribution >= 4 is 38.6 Å². The Bertz CT molecular complexity index is 1090. The molecule has 1 amide bonds. The Morgan fingerprint density at radius 3 is 2.59 bits per heavy atom. The summed E-state index contributed by atoms with van der Waals surface area (Å²) in [6, 6.07) is 12.0. The van der Waals surface area contributed by atoms with Gasteiger partial charge in [0.2, 0.25) is 5.91 Å². The largest absolute Gasteiger partial charge is 0.315 e. The molecular formula is C19H17N3O3S2. The van der Waals surface area contributed by atoms with E-state index in [4.69, 9.17) is 0 Å². The quantitative estimate of drug-likeness (QED) is 0.728. The maximum atomic E-state index is 12.7. The molecule has 0 atom stereocenters. The molecular weight excluding hydrogens is 382 g/mol. The molecule has 0 unspecified atom stereocenters. The summed E-state index contributed by atoms with van der Waals surface area (Å²) < 4.78 is 28.1. The number of carbonyl (C=O) groups is 1. The number of nitrogens with zero attached hydrogens (tertiary/aromatic N) is 2. The molecule has 3 aromatic rings. The van der Waals surface area contributed by atoms with Crippen LogP contribution in [-0.4, -0.2) is 26.4 Å². The van der Waals surface area contributed by atoms with Crippen LogP contribution in [0.15, 0.2) is 58.9 Å². The topological polar surface area (TPSA) is 79.4 Å². The zero-order valence-corrected chi connectivity index (χ0v) is 16.2. The van der Waals surface area contributed by atoms with Crippen molar-refractivity contribution < 1.29 is 13.2 Å². The van der Waals surface area contributed by atoms with Crippen LogP contribution in [0.1, 0.15) is 12.0 Å². The number of thiazole rings is 1. The van der Waals surface area contributed by atoms with Gasteiger partial charge in [-0.05, 0) is 54.4 Å². The second-order valence-electron chi connectivity index (χ2n) is 6.26. The lowest BCUT2D eigenvalue weighted by molar-refractivity contribution is -0.118. The average Bonchev–Trinajstić information content (AvgIpc) is 3.19. The Morgan fingerprint density at radius 1 is 1.11 bits per heavy atom. The van der Waals surface area contributed by atoms with Crippen LogP contribution < -0.4 is 9.62 Å². The summed E-state index contributed by atoms with van der Waals surface area (Å²) >= 11 is 1.53. The Labute approximate surface area is 161 Å². The number of fused-ring (bicyclic) bond motifs is 1. The van der Waals surface area contributed by atoms with Crippen molar-refractivity contribution in [1.29, 1.82) is 0 Å². The highest BCUT2D eigenvalue weighted by Gasteiger charge is 2.23. The third kappa shape index (κ3) is 3.45. The highest BCUT2D eigenvalue weighted by atomic mass is 32.2. The van der Waals surface area contributed by atoms with Crippen molar-refractivity contribution in [3.05, 3.63) is 59.6 Å². The molecule has 0 aliphatic carbocycles. The van der Waals surface area contributed by atoms with E-state index in [1.807, 2.05) is 17.5 Å². The normalized spacial score (nSPS) is 14.1. The van der Waals surface area contributed by atoms with E-state index in [-0.39, 0.29) is 10.8 Å². The summed E-state index contributed by atoms with van der Waals surface area (Å²) in [5, 5.41) is 2.78. The van der Waals surface area contributed by atoms with E-state index in [0.717, 1.165) is 21.8 Å². The number of aryl methyl sites for hydroxylation is 1. The fraction of sp³-hybridized carbons (Fsp3) is 0.158. The summed E-state index contributed by atoms with van der Waals surface area (Å²) in [5.41, 5.74) is 3.05. The van der Waals surface area contributed by atoms with Gasteiger partial charge >= 0.3 is 0 Å². The van der Waals surface area contributed by atoms with E-state index in [2.05, 4.69) is 9.71 Å². The Kier molecular flexibility index (Phi) is 4.45. The fourth-order valence-corrected chi connectivity index (χ4v) is 4.81. The molecule has 4 rings (SSSR count). The maximum Gasteiger partial charge on any atom is 0.261 e. The number of anilines is 2. The van der Waals surface area contributed by atoms with Crippen molar-refractivity contribution in [1.82, 2.24) is 4.98 Å². The number of aromatic nitrogens is 1. The van der Waals surface area contributed by atoms with Gasteiger partial charge in [0.1, 0.15) is 5.01 Å². The number of hydrogen-bond acceptors (Lipinski definition) is 5. The van der Waals surface area contributed by atoms with Gasteiger partial charge in [-0.15, -0.1) is 11.3 Å². The van der Waals surface area contributed by atoms with Crippen molar-refractivity contribution in [3.63, 3.8) is 0 Å². The fourth-order valence-electron chi connectivity index (χ4n) is 3.06. The van der Waals surface area contributed by atoms with Crippen LogP contribution in [0.5, 0.6) is 0 Å². The van der Waals surface area contributed by atoms with Gasteiger partial charge in [-0.25, -0.2) is 13.4 Å². The van der Waals surface area contributed by atoms with Crippen LogP contribution in [0.2, 0.25) is 0 Å². The molecule has 0 spiro atoms. The Balaban J connectivity index is 1.58. The smallest absolute Gasteiger partial charge is 0.261 e. The number of rotatable bonds is 4. The first kappa shape index (κ1) is 17.7. The predicted molar refractivity (Wildman–Crippen MR) is 107 cm³/mol. The molecule has 0 saturated heterocycles. The lowest BCUT2D eigenvalue weighted by atomic mass is 10.0. The van der Waals surface area contributed by atoms with E-state index in [1.54, 1.807) is 42.4 Å². The van der Waals surface area contributed by atoms with Crippen LogP contribution in [0.4, 0.5) is 11.4 Å². The number of hydrogen-bond donors (Lipinski definition) is 1. The number of sulfonamides is 1. The minimum Gasteiger partial charge on any atom is -0.315 e. The van der Waals surface area contributed by atoms with Gasteiger partial charge < -0.3 is 4.90 Å². The summed E-state index contributed by atoms with van der Waals surface area (Å²) in [6.45, 7) is 0. The van der Waals surface area contributed by atoms with Gasteiger partial charge in [0, 0.05) is 42.0 Å². The number of nitrogens with one attached hydrogen (secondary N) is 1. The van der Waals surface area contributed by atoms with Crippen LogP contribution in [0.3, 0.4) is 0 Å².